The molecule has 132 valence electrons. The van der Waals surface area contributed by atoms with Gasteiger partial charge in [-0.3, -0.25) is 25.2 Å². The van der Waals surface area contributed by atoms with Gasteiger partial charge in [-0.25, -0.2) is 4.39 Å². The van der Waals surface area contributed by atoms with Crippen molar-refractivity contribution in [3.63, 3.8) is 0 Å². The normalized spacial score (nSPS) is 12.0. The van der Waals surface area contributed by atoms with E-state index in [0.29, 0.717) is 0 Å². The monoisotopic (exact) mass is 339 g/mol. The van der Waals surface area contributed by atoms with Crippen molar-refractivity contribution in [1.29, 1.82) is 0 Å². The number of para-hydroxylation sites is 1. The molecule has 8 heteroatoms. The highest BCUT2D eigenvalue weighted by Gasteiger charge is 2.22. The van der Waals surface area contributed by atoms with Gasteiger partial charge >= 0.3 is 0 Å². The van der Waals surface area contributed by atoms with Crippen LogP contribution in [0.25, 0.3) is 0 Å². The number of ether oxygens (including phenoxy) is 1. The van der Waals surface area contributed by atoms with Crippen LogP contribution in [0.4, 0.5) is 4.39 Å². The average molecular weight is 339 g/mol. The van der Waals surface area contributed by atoms with E-state index < -0.39 is 29.2 Å². The van der Waals surface area contributed by atoms with Crippen LogP contribution in [0.1, 0.15) is 27.7 Å². The fourth-order valence-electron chi connectivity index (χ4n) is 1.49. The molecule has 0 radical (unpaired) electrons. The molecule has 0 heterocycles. The van der Waals surface area contributed by atoms with Gasteiger partial charge in [-0.1, -0.05) is 32.9 Å². The van der Waals surface area contributed by atoms with Crippen LogP contribution in [-0.4, -0.2) is 30.4 Å². The molecule has 0 aliphatic heterocycles. The molecule has 1 unspecified atom stereocenters. The Bertz CT molecular complexity index is 614. The van der Waals surface area contributed by atoms with Crippen molar-refractivity contribution >= 4 is 17.7 Å². The van der Waals surface area contributed by atoms with E-state index in [0.717, 1.165) is 0 Å². The lowest BCUT2D eigenvalue weighted by Gasteiger charge is -2.18. The average Bonchev–Trinajstić information content (AvgIpc) is 2.51. The predicted octanol–water partition coefficient (Wildman–Crippen LogP) is 0.903. The number of halogens is 1. The summed E-state index contributed by atoms with van der Waals surface area (Å²) in [7, 11) is 0. The van der Waals surface area contributed by atoms with Crippen LogP contribution in [0.3, 0.4) is 0 Å². The maximum absolute atomic E-state index is 13.4. The largest absolute Gasteiger partial charge is 0.478 e. The summed E-state index contributed by atoms with van der Waals surface area (Å²) >= 11 is 0. The van der Waals surface area contributed by atoms with Gasteiger partial charge in [0.05, 0.1) is 6.54 Å². The number of nitrogens with one attached hydrogen (secondary N) is 3. The van der Waals surface area contributed by atoms with Crippen molar-refractivity contribution in [1.82, 2.24) is 16.2 Å². The number of amides is 3. The summed E-state index contributed by atoms with van der Waals surface area (Å²) in [5.41, 5.74) is 3.67. The number of hydrazine groups is 1. The van der Waals surface area contributed by atoms with E-state index in [-0.39, 0.29) is 18.2 Å². The Kier molecular flexibility index (Phi) is 6.69. The number of carbonyl (C=O) groups is 3. The molecule has 3 N–H and O–H groups in total. The summed E-state index contributed by atoms with van der Waals surface area (Å²) in [6.07, 6.45) is -1.02. The lowest BCUT2D eigenvalue weighted by Crippen LogP contribution is -2.50. The number of carbonyl (C=O) groups excluding carboxylic acids is 3. The quantitative estimate of drug-likeness (QED) is 0.695. The first kappa shape index (κ1) is 19.4. The van der Waals surface area contributed by atoms with Gasteiger partial charge in [0.2, 0.25) is 5.91 Å². The summed E-state index contributed by atoms with van der Waals surface area (Å²) in [5.74, 6) is -2.21. The Morgan fingerprint density at radius 2 is 1.79 bits per heavy atom. The number of hydrogen-bond acceptors (Lipinski definition) is 4. The smallest absolute Gasteiger partial charge is 0.279 e. The minimum atomic E-state index is -1.02. The second-order valence-corrected chi connectivity index (χ2v) is 6.16. The zero-order chi connectivity index (χ0) is 18.3. The highest BCUT2D eigenvalue weighted by Crippen LogP contribution is 2.16. The molecule has 3 amide bonds. The van der Waals surface area contributed by atoms with Crippen molar-refractivity contribution < 1.29 is 23.5 Å². The van der Waals surface area contributed by atoms with E-state index in [9.17, 15) is 18.8 Å². The van der Waals surface area contributed by atoms with Crippen molar-refractivity contribution in [3.8, 4) is 5.75 Å². The molecule has 0 bridgehead atoms. The third-order valence-corrected chi connectivity index (χ3v) is 2.93. The summed E-state index contributed by atoms with van der Waals surface area (Å²) in [6.45, 7) is 6.27. The van der Waals surface area contributed by atoms with Crippen molar-refractivity contribution in [3.05, 3.63) is 30.1 Å². The Hall–Kier alpha value is -2.64. The first-order valence-corrected chi connectivity index (χ1v) is 7.39. The van der Waals surface area contributed by atoms with Crippen LogP contribution >= 0.6 is 0 Å². The molecule has 1 atom stereocenters. The zero-order valence-corrected chi connectivity index (χ0v) is 14.1. The SMILES string of the molecule is CC(Oc1ccccc1F)C(=O)NNC(=O)CNC(=O)C(C)(C)C. The molecule has 0 spiro atoms. The molecule has 7 nitrogen and oxygen atoms in total. The summed E-state index contributed by atoms with van der Waals surface area (Å²) < 4.78 is 18.6. The van der Waals surface area contributed by atoms with Crippen LogP contribution in [0.15, 0.2) is 24.3 Å². The lowest BCUT2D eigenvalue weighted by molar-refractivity contribution is -0.134. The van der Waals surface area contributed by atoms with Gasteiger partial charge < -0.3 is 10.1 Å². The van der Waals surface area contributed by atoms with Crippen LogP contribution < -0.4 is 20.9 Å². The third kappa shape index (κ3) is 6.23. The molecule has 0 aromatic heterocycles. The summed E-state index contributed by atoms with van der Waals surface area (Å²) in [6, 6.07) is 5.67. The molecule has 24 heavy (non-hydrogen) atoms. The van der Waals surface area contributed by atoms with Gasteiger partial charge in [0.15, 0.2) is 17.7 Å². The van der Waals surface area contributed by atoms with Crippen LogP contribution in [-0.2, 0) is 14.4 Å². The van der Waals surface area contributed by atoms with Crippen LogP contribution in [0.2, 0.25) is 0 Å². The third-order valence-electron chi connectivity index (χ3n) is 2.93. The zero-order valence-electron chi connectivity index (χ0n) is 14.1. The Labute approximate surface area is 139 Å². The topological polar surface area (TPSA) is 96.5 Å². The van der Waals surface area contributed by atoms with Crippen LogP contribution in [0, 0.1) is 11.2 Å². The highest BCUT2D eigenvalue weighted by molar-refractivity contribution is 5.89. The highest BCUT2D eigenvalue weighted by atomic mass is 19.1. The van der Waals surface area contributed by atoms with Crippen LogP contribution in [0.5, 0.6) is 5.75 Å². The maximum Gasteiger partial charge on any atom is 0.279 e. The maximum atomic E-state index is 13.4. The number of benzene rings is 1. The minimum Gasteiger partial charge on any atom is -0.478 e. The van der Waals surface area contributed by atoms with Crippen molar-refractivity contribution in [2.75, 3.05) is 6.54 Å². The van der Waals surface area contributed by atoms with Gasteiger partial charge in [-0.15, -0.1) is 0 Å². The lowest BCUT2D eigenvalue weighted by atomic mass is 9.96. The fraction of sp³-hybridized carbons (Fsp3) is 0.438. The molecular weight excluding hydrogens is 317 g/mol. The Balaban J connectivity index is 2.38. The number of rotatable bonds is 5. The van der Waals surface area contributed by atoms with E-state index in [1.54, 1.807) is 26.8 Å². The van der Waals surface area contributed by atoms with Crippen molar-refractivity contribution in [2.24, 2.45) is 5.41 Å². The molecule has 0 fully saturated rings. The van der Waals surface area contributed by atoms with E-state index in [1.807, 2.05) is 0 Å². The van der Waals surface area contributed by atoms with Gasteiger partial charge in [0, 0.05) is 5.41 Å². The predicted molar refractivity (Wildman–Crippen MR) is 85.2 cm³/mol. The van der Waals surface area contributed by atoms with E-state index in [4.69, 9.17) is 4.74 Å². The van der Waals surface area contributed by atoms with E-state index >= 15 is 0 Å². The molecule has 1 rings (SSSR count). The molecular formula is C16H22FN3O4. The first-order chi connectivity index (χ1) is 11.1. The fourth-order valence-corrected chi connectivity index (χ4v) is 1.49. The second kappa shape index (κ2) is 8.28. The van der Waals surface area contributed by atoms with Gasteiger partial charge in [-0.2, -0.15) is 0 Å². The van der Waals surface area contributed by atoms with Gasteiger partial charge in [0.25, 0.3) is 11.8 Å². The van der Waals surface area contributed by atoms with Gasteiger partial charge in [0.1, 0.15) is 0 Å². The summed E-state index contributed by atoms with van der Waals surface area (Å²) in [4.78, 5) is 35.0. The standard InChI is InChI=1S/C16H22FN3O4/c1-10(24-12-8-6-5-7-11(12)17)14(22)20-19-13(21)9-18-15(23)16(2,3)4/h5-8,10H,9H2,1-4H3,(H,18,23)(H,19,21)(H,20,22). The van der Waals surface area contributed by atoms with E-state index in [2.05, 4.69) is 16.2 Å². The minimum absolute atomic E-state index is 0.0658. The molecule has 0 saturated carbocycles. The molecule has 1 aromatic carbocycles. The second-order valence-electron chi connectivity index (χ2n) is 6.16. The van der Waals surface area contributed by atoms with E-state index in [1.165, 1.54) is 25.1 Å². The Morgan fingerprint density at radius 3 is 2.38 bits per heavy atom. The summed E-state index contributed by atoms with van der Waals surface area (Å²) in [5, 5.41) is 2.44. The van der Waals surface area contributed by atoms with Gasteiger partial charge in [-0.05, 0) is 19.1 Å². The number of hydrogen-bond donors (Lipinski definition) is 3. The first-order valence-electron chi connectivity index (χ1n) is 7.39. The van der Waals surface area contributed by atoms with Crippen molar-refractivity contribution in [2.45, 2.75) is 33.8 Å². The molecule has 0 saturated heterocycles. The molecule has 0 aliphatic rings. The Morgan fingerprint density at radius 1 is 1.17 bits per heavy atom. The molecule has 0 aliphatic carbocycles. The molecule has 1 aromatic rings.